The van der Waals surface area contributed by atoms with Crippen LogP contribution < -0.4 is 5.32 Å². The molecule has 0 saturated heterocycles. The highest BCUT2D eigenvalue weighted by Crippen LogP contribution is 2.45. The normalized spacial score (nSPS) is 28.0. The molecule has 1 aromatic heterocycles. The van der Waals surface area contributed by atoms with Gasteiger partial charge in [-0.05, 0) is 30.2 Å². The second-order valence-electron chi connectivity index (χ2n) is 6.46. The number of nitrogens with one attached hydrogen (secondary N) is 1. The zero-order chi connectivity index (χ0) is 15.6. The average molecular weight is 293 g/mol. The van der Waals surface area contributed by atoms with Crippen LogP contribution in [0, 0.1) is 17.3 Å². The molecule has 2 rings (SSSR count). The molecule has 3 unspecified atom stereocenters. The van der Waals surface area contributed by atoms with Crippen molar-refractivity contribution in [2.45, 2.75) is 46.2 Å². The number of amides is 1. The second-order valence-corrected chi connectivity index (χ2v) is 6.46. The van der Waals surface area contributed by atoms with Gasteiger partial charge in [0.2, 0.25) is 5.91 Å². The van der Waals surface area contributed by atoms with Gasteiger partial charge in [-0.2, -0.15) is 5.10 Å². The van der Waals surface area contributed by atoms with Gasteiger partial charge in [0.15, 0.2) is 0 Å². The summed E-state index contributed by atoms with van der Waals surface area (Å²) in [6.45, 7) is 6.16. The number of aromatic nitrogens is 2. The van der Waals surface area contributed by atoms with Gasteiger partial charge in [-0.15, -0.1) is 0 Å². The highest BCUT2D eigenvalue weighted by atomic mass is 16.4. The van der Waals surface area contributed by atoms with Crippen LogP contribution in [-0.4, -0.2) is 32.8 Å². The SMILES string of the molecule is CC1C(NC(=O)Cn2cccn2)CCC(C(=O)O)C1(C)C. The van der Waals surface area contributed by atoms with Crippen molar-refractivity contribution in [1.29, 1.82) is 0 Å². The number of aliphatic carboxylic acids is 1. The van der Waals surface area contributed by atoms with Gasteiger partial charge in [0.05, 0.1) is 5.92 Å². The molecule has 1 saturated carbocycles. The first-order chi connectivity index (χ1) is 9.82. The average Bonchev–Trinajstić information content (AvgIpc) is 2.87. The van der Waals surface area contributed by atoms with Gasteiger partial charge < -0.3 is 10.4 Å². The van der Waals surface area contributed by atoms with Crippen LogP contribution in [0.5, 0.6) is 0 Å². The van der Waals surface area contributed by atoms with E-state index in [1.807, 2.05) is 20.8 Å². The number of hydrogen-bond acceptors (Lipinski definition) is 3. The van der Waals surface area contributed by atoms with Crippen molar-refractivity contribution < 1.29 is 14.7 Å². The van der Waals surface area contributed by atoms with Gasteiger partial charge in [-0.25, -0.2) is 0 Å². The first-order valence-corrected chi connectivity index (χ1v) is 7.32. The standard InChI is InChI=1S/C15H23N3O3/c1-10-12(6-5-11(14(20)21)15(10,2)3)17-13(19)9-18-8-4-7-16-18/h4,7-8,10-12H,5-6,9H2,1-3H3,(H,17,19)(H,20,21). The molecule has 6 nitrogen and oxygen atoms in total. The second kappa shape index (κ2) is 5.87. The highest BCUT2D eigenvalue weighted by molar-refractivity contribution is 5.76. The Hall–Kier alpha value is -1.85. The molecule has 1 fully saturated rings. The molecule has 1 aliphatic carbocycles. The smallest absolute Gasteiger partial charge is 0.307 e. The first kappa shape index (κ1) is 15.5. The first-order valence-electron chi connectivity index (χ1n) is 7.32. The Bertz CT molecular complexity index is 510. The Labute approximate surface area is 124 Å². The lowest BCUT2D eigenvalue weighted by molar-refractivity contribution is -0.150. The van der Waals surface area contributed by atoms with Gasteiger partial charge >= 0.3 is 5.97 Å². The van der Waals surface area contributed by atoms with Gasteiger partial charge in [-0.1, -0.05) is 20.8 Å². The van der Waals surface area contributed by atoms with E-state index in [1.54, 1.807) is 23.1 Å². The summed E-state index contributed by atoms with van der Waals surface area (Å²) in [5.41, 5.74) is -0.340. The number of carbonyl (C=O) groups is 2. The van der Waals surface area contributed by atoms with Crippen LogP contribution in [0.4, 0.5) is 0 Å². The van der Waals surface area contributed by atoms with Crippen molar-refractivity contribution in [2.75, 3.05) is 0 Å². The molecule has 21 heavy (non-hydrogen) atoms. The summed E-state index contributed by atoms with van der Waals surface area (Å²) in [4.78, 5) is 23.4. The third-order valence-electron chi connectivity index (χ3n) is 4.95. The summed E-state index contributed by atoms with van der Waals surface area (Å²) in [6, 6.07) is 1.79. The third kappa shape index (κ3) is 3.25. The summed E-state index contributed by atoms with van der Waals surface area (Å²) in [5.74, 6) is -1.08. The Balaban J connectivity index is 1.98. The molecule has 1 aromatic rings. The Morgan fingerprint density at radius 1 is 1.43 bits per heavy atom. The van der Waals surface area contributed by atoms with E-state index in [0.29, 0.717) is 12.8 Å². The molecular formula is C15H23N3O3. The number of carbonyl (C=O) groups excluding carboxylic acids is 1. The maximum absolute atomic E-state index is 12.1. The van der Waals surface area contributed by atoms with E-state index in [-0.39, 0.29) is 35.7 Å². The van der Waals surface area contributed by atoms with Crippen molar-refractivity contribution in [1.82, 2.24) is 15.1 Å². The minimum absolute atomic E-state index is 0.0127. The lowest BCUT2D eigenvalue weighted by atomic mass is 9.61. The monoisotopic (exact) mass is 293 g/mol. The maximum atomic E-state index is 12.1. The highest BCUT2D eigenvalue weighted by Gasteiger charge is 2.46. The Morgan fingerprint density at radius 3 is 2.71 bits per heavy atom. The van der Waals surface area contributed by atoms with E-state index in [1.165, 1.54) is 0 Å². The van der Waals surface area contributed by atoms with Crippen LogP contribution in [0.3, 0.4) is 0 Å². The van der Waals surface area contributed by atoms with Crippen LogP contribution in [-0.2, 0) is 16.1 Å². The van der Waals surface area contributed by atoms with E-state index in [9.17, 15) is 14.7 Å². The van der Waals surface area contributed by atoms with Crippen LogP contribution in [0.15, 0.2) is 18.5 Å². The molecule has 3 atom stereocenters. The van der Waals surface area contributed by atoms with Crippen LogP contribution in [0.25, 0.3) is 0 Å². The molecule has 1 aliphatic rings. The molecule has 2 N–H and O–H groups in total. The molecule has 116 valence electrons. The predicted octanol–water partition coefficient (Wildman–Crippen LogP) is 1.52. The number of carboxylic acids is 1. The van der Waals surface area contributed by atoms with Gasteiger partial charge in [0.25, 0.3) is 0 Å². The van der Waals surface area contributed by atoms with E-state index in [0.717, 1.165) is 0 Å². The number of carboxylic acid groups (broad SMARTS) is 1. The van der Waals surface area contributed by atoms with E-state index in [4.69, 9.17) is 0 Å². The fourth-order valence-electron chi connectivity index (χ4n) is 3.24. The molecule has 0 aliphatic heterocycles. The lowest BCUT2D eigenvalue weighted by Crippen LogP contribution is -2.52. The zero-order valence-electron chi connectivity index (χ0n) is 12.7. The summed E-state index contributed by atoms with van der Waals surface area (Å²) in [7, 11) is 0. The summed E-state index contributed by atoms with van der Waals surface area (Å²) in [6.07, 6.45) is 4.68. The third-order valence-corrected chi connectivity index (χ3v) is 4.95. The van der Waals surface area contributed by atoms with E-state index in [2.05, 4.69) is 10.4 Å². The van der Waals surface area contributed by atoms with Gasteiger partial charge in [0, 0.05) is 18.4 Å². The van der Waals surface area contributed by atoms with Crippen LogP contribution in [0.2, 0.25) is 0 Å². The molecule has 0 aromatic carbocycles. The fourth-order valence-corrected chi connectivity index (χ4v) is 3.24. The van der Waals surface area contributed by atoms with Crippen molar-refractivity contribution in [2.24, 2.45) is 17.3 Å². The van der Waals surface area contributed by atoms with Crippen LogP contribution in [0.1, 0.15) is 33.6 Å². The largest absolute Gasteiger partial charge is 0.481 e. The molecule has 0 spiro atoms. The number of hydrogen-bond donors (Lipinski definition) is 2. The van der Waals surface area contributed by atoms with Crippen molar-refractivity contribution >= 4 is 11.9 Å². The molecule has 0 radical (unpaired) electrons. The van der Waals surface area contributed by atoms with Gasteiger partial charge in [-0.3, -0.25) is 14.3 Å². The summed E-state index contributed by atoms with van der Waals surface area (Å²) >= 11 is 0. The molecule has 6 heteroatoms. The van der Waals surface area contributed by atoms with Crippen molar-refractivity contribution in [3.63, 3.8) is 0 Å². The minimum atomic E-state index is -0.742. The number of rotatable bonds is 4. The topological polar surface area (TPSA) is 84.2 Å². The predicted molar refractivity (Wildman–Crippen MR) is 77.5 cm³/mol. The summed E-state index contributed by atoms with van der Waals surface area (Å²) in [5, 5.41) is 16.4. The van der Waals surface area contributed by atoms with Crippen molar-refractivity contribution in [3.05, 3.63) is 18.5 Å². The summed E-state index contributed by atoms with van der Waals surface area (Å²) < 4.78 is 1.58. The fraction of sp³-hybridized carbons (Fsp3) is 0.667. The van der Waals surface area contributed by atoms with E-state index >= 15 is 0 Å². The minimum Gasteiger partial charge on any atom is -0.481 e. The molecule has 1 amide bonds. The van der Waals surface area contributed by atoms with Crippen molar-refractivity contribution in [3.8, 4) is 0 Å². The maximum Gasteiger partial charge on any atom is 0.307 e. The quantitative estimate of drug-likeness (QED) is 0.881. The molecular weight excluding hydrogens is 270 g/mol. The molecule has 1 heterocycles. The Morgan fingerprint density at radius 2 is 2.14 bits per heavy atom. The van der Waals surface area contributed by atoms with E-state index < -0.39 is 5.97 Å². The lowest BCUT2D eigenvalue weighted by Gasteiger charge is -2.46. The molecule has 0 bridgehead atoms. The Kier molecular flexibility index (Phi) is 4.34. The number of nitrogens with zero attached hydrogens (tertiary/aromatic N) is 2. The van der Waals surface area contributed by atoms with Crippen LogP contribution >= 0.6 is 0 Å². The van der Waals surface area contributed by atoms with Gasteiger partial charge in [0.1, 0.15) is 6.54 Å². The zero-order valence-corrected chi connectivity index (χ0v) is 12.7.